The minimum Gasteiger partial charge on any atom is -0.507 e. The molecule has 0 aliphatic rings. The highest BCUT2D eigenvalue weighted by molar-refractivity contribution is 6.32. The smallest absolute Gasteiger partial charge is 0.271 e. The van der Waals surface area contributed by atoms with Crippen molar-refractivity contribution in [2.24, 2.45) is 5.10 Å². The third-order valence-corrected chi connectivity index (χ3v) is 3.11. The number of nitrogens with zero attached hydrogens (tertiary/aromatic N) is 1. The van der Waals surface area contributed by atoms with E-state index in [0.29, 0.717) is 29.8 Å². The zero-order valence-corrected chi connectivity index (χ0v) is 12.8. The van der Waals surface area contributed by atoms with Crippen LogP contribution in [0.25, 0.3) is 0 Å². The molecule has 2 radical (unpaired) electrons. The molecule has 0 saturated carbocycles. The molecular formula is C17H17BN2O3. The summed E-state index contributed by atoms with van der Waals surface area (Å²) in [5, 5.41) is 13.5. The number of rotatable bonds is 6. The number of phenolic OH excluding ortho intramolecular Hbond substituents is 1. The summed E-state index contributed by atoms with van der Waals surface area (Å²) in [6.45, 7) is 3.10. The summed E-state index contributed by atoms with van der Waals surface area (Å²) in [6.07, 6.45) is 1.36. The van der Waals surface area contributed by atoms with Crippen LogP contribution in [0.1, 0.15) is 28.4 Å². The summed E-state index contributed by atoms with van der Waals surface area (Å²) in [5.74, 6) is -0.331. The van der Waals surface area contributed by atoms with Gasteiger partial charge >= 0.3 is 0 Å². The van der Waals surface area contributed by atoms with Crippen LogP contribution in [0, 0.1) is 0 Å². The third-order valence-electron chi connectivity index (χ3n) is 3.11. The predicted molar refractivity (Wildman–Crippen MR) is 90.3 cm³/mol. The molecule has 0 atom stereocenters. The molecule has 0 bridgehead atoms. The van der Waals surface area contributed by atoms with E-state index >= 15 is 0 Å². The Hall–Kier alpha value is -2.60. The molecule has 0 saturated heterocycles. The number of nitrogens with one attached hydrogen (secondary N) is 1. The fourth-order valence-electron chi connectivity index (χ4n) is 1.87. The minimum absolute atomic E-state index is 0.00303. The number of carbonyl (C=O) groups excluding carboxylic acids is 1. The number of phenols is 1. The molecule has 0 fully saturated rings. The summed E-state index contributed by atoms with van der Waals surface area (Å²) in [6, 6.07) is 11.8. The first-order chi connectivity index (χ1) is 11.1. The van der Waals surface area contributed by atoms with Crippen LogP contribution >= 0.6 is 0 Å². The normalized spacial score (nSPS) is 10.8. The molecule has 0 aliphatic carbocycles. The first-order valence-corrected chi connectivity index (χ1v) is 7.18. The number of aromatic hydroxyl groups is 1. The molecular weight excluding hydrogens is 291 g/mol. The van der Waals surface area contributed by atoms with E-state index in [2.05, 4.69) is 10.5 Å². The first kappa shape index (κ1) is 16.8. The molecule has 5 nitrogen and oxygen atoms in total. The van der Waals surface area contributed by atoms with E-state index in [4.69, 9.17) is 12.6 Å². The average Bonchev–Trinajstić information content (AvgIpc) is 2.55. The number of benzene rings is 2. The van der Waals surface area contributed by atoms with Crippen molar-refractivity contribution in [1.29, 1.82) is 0 Å². The molecule has 2 rings (SSSR count). The zero-order valence-electron chi connectivity index (χ0n) is 12.8. The van der Waals surface area contributed by atoms with Crippen LogP contribution < -0.4 is 10.9 Å². The van der Waals surface area contributed by atoms with Crippen LogP contribution in [0.5, 0.6) is 5.75 Å². The summed E-state index contributed by atoms with van der Waals surface area (Å²) in [5.41, 5.74) is 4.82. The standard InChI is InChI=1S/C17H17BN2O3/c1-2-23-11-12-3-5-13(6-4-12)17(22)20-19-10-14-7-8-15(18)9-16(14)21/h3-10,21H,2,11H2,1H3,(H,20,22)/b19-10+. The maximum Gasteiger partial charge on any atom is 0.271 e. The largest absolute Gasteiger partial charge is 0.507 e. The number of amides is 1. The second-order valence-corrected chi connectivity index (χ2v) is 4.85. The first-order valence-electron chi connectivity index (χ1n) is 7.18. The maximum atomic E-state index is 12.0. The Morgan fingerprint density at radius 2 is 2.04 bits per heavy atom. The van der Waals surface area contributed by atoms with E-state index in [1.54, 1.807) is 24.3 Å². The van der Waals surface area contributed by atoms with E-state index in [1.807, 2.05) is 19.1 Å². The van der Waals surface area contributed by atoms with Gasteiger partial charge in [0.15, 0.2) is 0 Å². The van der Waals surface area contributed by atoms with Gasteiger partial charge < -0.3 is 9.84 Å². The molecule has 0 aliphatic heterocycles. The van der Waals surface area contributed by atoms with Crippen molar-refractivity contribution in [3.05, 3.63) is 59.2 Å². The summed E-state index contributed by atoms with van der Waals surface area (Å²) in [4.78, 5) is 12.0. The highest BCUT2D eigenvalue weighted by Crippen LogP contribution is 2.11. The van der Waals surface area contributed by atoms with Gasteiger partial charge in [-0.2, -0.15) is 5.10 Å². The van der Waals surface area contributed by atoms with Gasteiger partial charge in [0.25, 0.3) is 5.91 Å². The Morgan fingerprint density at radius 1 is 1.30 bits per heavy atom. The lowest BCUT2D eigenvalue weighted by Gasteiger charge is -2.04. The quantitative estimate of drug-likeness (QED) is 0.482. The number of ether oxygens (including phenoxy) is 1. The third kappa shape index (κ3) is 4.97. The highest BCUT2D eigenvalue weighted by Gasteiger charge is 2.04. The lowest BCUT2D eigenvalue weighted by molar-refractivity contribution is 0.0955. The predicted octanol–water partition coefficient (Wildman–Crippen LogP) is 1.49. The van der Waals surface area contributed by atoms with Gasteiger partial charge in [0.2, 0.25) is 0 Å². The second-order valence-electron chi connectivity index (χ2n) is 4.85. The van der Waals surface area contributed by atoms with Crippen LogP contribution in [0.2, 0.25) is 0 Å². The Balaban J connectivity index is 1.95. The summed E-state index contributed by atoms with van der Waals surface area (Å²) in [7, 11) is 5.54. The minimum atomic E-state index is -0.334. The number of hydrazone groups is 1. The zero-order chi connectivity index (χ0) is 16.7. The number of hydrogen-bond donors (Lipinski definition) is 2. The summed E-state index contributed by atoms with van der Waals surface area (Å²) >= 11 is 0. The van der Waals surface area contributed by atoms with Crippen molar-refractivity contribution in [3.8, 4) is 5.75 Å². The molecule has 0 spiro atoms. The topological polar surface area (TPSA) is 70.9 Å². The molecule has 2 N–H and O–H groups in total. The van der Waals surface area contributed by atoms with Crippen molar-refractivity contribution in [1.82, 2.24) is 5.43 Å². The Morgan fingerprint density at radius 3 is 2.70 bits per heavy atom. The van der Waals surface area contributed by atoms with E-state index < -0.39 is 0 Å². The maximum absolute atomic E-state index is 12.0. The fourth-order valence-corrected chi connectivity index (χ4v) is 1.87. The average molecular weight is 308 g/mol. The molecule has 0 heterocycles. The van der Waals surface area contributed by atoms with Gasteiger partial charge in [-0.15, -0.1) is 0 Å². The number of carbonyl (C=O) groups is 1. The molecule has 0 unspecified atom stereocenters. The molecule has 116 valence electrons. The number of hydrogen-bond acceptors (Lipinski definition) is 4. The molecule has 1 amide bonds. The van der Waals surface area contributed by atoms with Crippen molar-refractivity contribution in [2.45, 2.75) is 13.5 Å². The van der Waals surface area contributed by atoms with Crippen molar-refractivity contribution >= 4 is 25.4 Å². The van der Waals surface area contributed by atoms with Crippen LogP contribution in [0.4, 0.5) is 0 Å². The molecule has 23 heavy (non-hydrogen) atoms. The molecule has 2 aromatic rings. The molecule has 2 aromatic carbocycles. The Kier molecular flexibility index (Phi) is 5.94. The van der Waals surface area contributed by atoms with Crippen LogP contribution in [0.3, 0.4) is 0 Å². The lowest BCUT2D eigenvalue weighted by atomic mass is 9.95. The fraction of sp³-hybridized carbons (Fsp3) is 0.176. The van der Waals surface area contributed by atoms with Gasteiger partial charge in [0.05, 0.1) is 12.8 Å². The van der Waals surface area contributed by atoms with Gasteiger partial charge in [-0.1, -0.05) is 29.7 Å². The van der Waals surface area contributed by atoms with Crippen LogP contribution in [-0.2, 0) is 11.3 Å². The lowest BCUT2D eigenvalue weighted by Crippen LogP contribution is -2.17. The SMILES string of the molecule is [B]c1ccc(/C=N/NC(=O)c2ccc(COCC)cc2)c(O)c1. The van der Waals surface area contributed by atoms with E-state index in [0.717, 1.165) is 5.56 Å². The van der Waals surface area contributed by atoms with E-state index in [9.17, 15) is 9.90 Å². The highest BCUT2D eigenvalue weighted by atomic mass is 16.5. The molecule has 6 heteroatoms. The Labute approximate surface area is 136 Å². The van der Waals surface area contributed by atoms with Gasteiger partial charge in [-0.05, 0) is 30.7 Å². The monoisotopic (exact) mass is 308 g/mol. The van der Waals surface area contributed by atoms with Crippen LogP contribution in [-0.4, -0.2) is 31.7 Å². The van der Waals surface area contributed by atoms with Crippen molar-refractivity contribution < 1.29 is 14.6 Å². The Bertz CT molecular complexity index is 699. The van der Waals surface area contributed by atoms with E-state index in [-0.39, 0.29) is 11.7 Å². The van der Waals surface area contributed by atoms with Gasteiger partial charge in [0, 0.05) is 17.7 Å². The van der Waals surface area contributed by atoms with Crippen LogP contribution in [0.15, 0.2) is 47.6 Å². The van der Waals surface area contributed by atoms with Crippen molar-refractivity contribution in [2.75, 3.05) is 6.61 Å². The van der Waals surface area contributed by atoms with Gasteiger partial charge in [-0.25, -0.2) is 5.43 Å². The second kappa shape index (κ2) is 8.15. The summed E-state index contributed by atoms with van der Waals surface area (Å²) < 4.78 is 5.30. The van der Waals surface area contributed by atoms with E-state index in [1.165, 1.54) is 12.3 Å². The van der Waals surface area contributed by atoms with Gasteiger partial charge in [-0.3, -0.25) is 4.79 Å². The van der Waals surface area contributed by atoms with Crippen molar-refractivity contribution in [3.63, 3.8) is 0 Å². The van der Waals surface area contributed by atoms with Gasteiger partial charge in [0.1, 0.15) is 13.6 Å². The molecule has 0 aromatic heterocycles.